The first-order valence-electron chi connectivity index (χ1n) is 7.26. The SMILES string of the molecule is Cc1c(C)c2c(c(C)c1O)[C@H]1c3ccccc3N[C@H]1C2. The zero-order chi connectivity index (χ0) is 14.0. The zero-order valence-electron chi connectivity index (χ0n) is 12.1. The minimum atomic E-state index is 0.395. The van der Waals surface area contributed by atoms with Crippen LogP contribution in [0.3, 0.4) is 0 Å². The van der Waals surface area contributed by atoms with Crippen molar-refractivity contribution < 1.29 is 5.11 Å². The lowest BCUT2D eigenvalue weighted by atomic mass is 9.87. The third-order valence-electron chi connectivity index (χ3n) is 5.23. The van der Waals surface area contributed by atoms with Gasteiger partial charge < -0.3 is 10.4 Å². The van der Waals surface area contributed by atoms with E-state index in [4.69, 9.17) is 0 Å². The van der Waals surface area contributed by atoms with E-state index in [0.717, 1.165) is 17.5 Å². The molecule has 0 radical (unpaired) electrons. The van der Waals surface area contributed by atoms with Crippen LogP contribution >= 0.6 is 0 Å². The molecule has 4 rings (SSSR count). The number of fused-ring (bicyclic) bond motifs is 5. The Bertz CT molecular complexity index is 733. The Balaban J connectivity index is 2.00. The maximum atomic E-state index is 10.4. The Kier molecular flexibility index (Phi) is 2.24. The second kappa shape index (κ2) is 3.78. The predicted octanol–water partition coefficient (Wildman–Crippen LogP) is 3.80. The average Bonchev–Trinajstić information content (AvgIpc) is 2.98. The highest BCUT2D eigenvalue weighted by molar-refractivity contribution is 5.69. The fourth-order valence-electron chi connectivity index (χ4n) is 4.07. The molecule has 0 unspecified atom stereocenters. The van der Waals surface area contributed by atoms with Crippen molar-refractivity contribution in [1.29, 1.82) is 0 Å². The van der Waals surface area contributed by atoms with Gasteiger partial charge in [0.05, 0.1) is 0 Å². The van der Waals surface area contributed by atoms with Gasteiger partial charge in [0, 0.05) is 17.6 Å². The highest BCUT2D eigenvalue weighted by Gasteiger charge is 2.42. The molecule has 1 aliphatic heterocycles. The summed E-state index contributed by atoms with van der Waals surface area (Å²) in [7, 11) is 0. The molecule has 2 N–H and O–H groups in total. The summed E-state index contributed by atoms with van der Waals surface area (Å²) in [4.78, 5) is 0. The zero-order valence-corrected chi connectivity index (χ0v) is 12.1. The van der Waals surface area contributed by atoms with Crippen molar-refractivity contribution in [2.75, 3.05) is 5.32 Å². The smallest absolute Gasteiger partial charge is 0.121 e. The van der Waals surface area contributed by atoms with E-state index < -0.39 is 0 Å². The molecule has 2 nitrogen and oxygen atoms in total. The molecule has 0 bridgehead atoms. The van der Waals surface area contributed by atoms with Crippen LogP contribution in [-0.4, -0.2) is 11.1 Å². The van der Waals surface area contributed by atoms with Crippen molar-refractivity contribution in [2.45, 2.75) is 39.2 Å². The third kappa shape index (κ3) is 1.29. The largest absolute Gasteiger partial charge is 0.507 e. The summed E-state index contributed by atoms with van der Waals surface area (Å²) >= 11 is 0. The molecule has 1 heterocycles. The molecule has 0 saturated heterocycles. The Morgan fingerprint density at radius 2 is 1.80 bits per heavy atom. The number of rotatable bonds is 0. The number of benzene rings is 2. The van der Waals surface area contributed by atoms with Gasteiger partial charge in [-0.15, -0.1) is 0 Å². The molecular weight excluding hydrogens is 246 g/mol. The van der Waals surface area contributed by atoms with Gasteiger partial charge in [0.1, 0.15) is 5.75 Å². The standard InChI is InChI=1S/C18H19NO/c1-9-10(2)18(20)11(3)16-13(9)8-15-17(16)12-6-4-5-7-14(12)19-15/h4-7,15,17,19-20H,8H2,1-3H3/t15-,17-/m0/s1. The molecule has 2 atom stereocenters. The second-order valence-electron chi connectivity index (χ2n) is 6.14. The van der Waals surface area contributed by atoms with E-state index in [9.17, 15) is 5.11 Å². The van der Waals surface area contributed by atoms with E-state index in [-0.39, 0.29) is 0 Å². The molecular formula is C18H19NO. The average molecular weight is 265 g/mol. The number of nitrogens with one attached hydrogen (secondary N) is 1. The maximum Gasteiger partial charge on any atom is 0.121 e. The van der Waals surface area contributed by atoms with E-state index in [1.54, 1.807) is 0 Å². The van der Waals surface area contributed by atoms with Crippen LogP contribution in [0.1, 0.15) is 39.3 Å². The number of phenols is 1. The Morgan fingerprint density at radius 1 is 1.05 bits per heavy atom. The van der Waals surface area contributed by atoms with Crippen LogP contribution in [0, 0.1) is 20.8 Å². The Labute approximate surface area is 119 Å². The van der Waals surface area contributed by atoms with Crippen LogP contribution < -0.4 is 5.32 Å². The summed E-state index contributed by atoms with van der Waals surface area (Å²) in [5.74, 6) is 0.873. The van der Waals surface area contributed by atoms with E-state index in [1.807, 2.05) is 6.92 Å². The van der Waals surface area contributed by atoms with Crippen molar-refractivity contribution in [1.82, 2.24) is 0 Å². The second-order valence-corrected chi connectivity index (χ2v) is 6.14. The number of aromatic hydroxyl groups is 1. The van der Waals surface area contributed by atoms with Gasteiger partial charge in [-0.25, -0.2) is 0 Å². The molecule has 0 spiro atoms. The molecule has 0 fully saturated rings. The number of anilines is 1. The fourth-order valence-corrected chi connectivity index (χ4v) is 4.07. The first kappa shape index (κ1) is 11.8. The monoisotopic (exact) mass is 265 g/mol. The molecule has 2 aromatic carbocycles. The first-order valence-corrected chi connectivity index (χ1v) is 7.26. The van der Waals surface area contributed by atoms with Gasteiger partial charge in [0.25, 0.3) is 0 Å². The van der Waals surface area contributed by atoms with Crippen molar-refractivity contribution in [3.63, 3.8) is 0 Å². The Hall–Kier alpha value is -1.96. The summed E-state index contributed by atoms with van der Waals surface area (Å²) in [5.41, 5.74) is 8.79. The van der Waals surface area contributed by atoms with Gasteiger partial charge >= 0.3 is 0 Å². The van der Waals surface area contributed by atoms with Crippen molar-refractivity contribution in [2.24, 2.45) is 0 Å². The highest BCUT2D eigenvalue weighted by atomic mass is 16.3. The van der Waals surface area contributed by atoms with Crippen molar-refractivity contribution in [3.8, 4) is 5.75 Å². The minimum Gasteiger partial charge on any atom is -0.507 e. The minimum absolute atomic E-state index is 0.395. The Morgan fingerprint density at radius 3 is 2.60 bits per heavy atom. The topological polar surface area (TPSA) is 32.3 Å². The first-order chi connectivity index (χ1) is 9.59. The normalized spacial score (nSPS) is 22.1. The lowest BCUT2D eigenvalue weighted by molar-refractivity contribution is 0.465. The van der Waals surface area contributed by atoms with E-state index >= 15 is 0 Å². The van der Waals surface area contributed by atoms with Crippen LogP contribution in [0.5, 0.6) is 5.75 Å². The number of phenolic OH excluding ortho intramolecular Hbond substituents is 1. The lowest BCUT2D eigenvalue weighted by Gasteiger charge is -2.18. The molecule has 1 aliphatic carbocycles. The lowest BCUT2D eigenvalue weighted by Crippen LogP contribution is -2.17. The molecule has 0 amide bonds. The van der Waals surface area contributed by atoms with Gasteiger partial charge in [-0.3, -0.25) is 0 Å². The van der Waals surface area contributed by atoms with Crippen LogP contribution in [0.15, 0.2) is 24.3 Å². The van der Waals surface area contributed by atoms with Crippen LogP contribution in [0.2, 0.25) is 0 Å². The maximum absolute atomic E-state index is 10.4. The molecule has 2 aromatic rings. The van der Waals surface area contributed by atoms with Gasteiger partial charge in [-0.2, -0.15) is 0 Å². The van der Waals surface area contributed by atoms with Gasteiger partial charge in [-0.1, -0.05) is 18.2 Å². The number of hydrogen-bond acceptors (Lipinski definition) is 2. The van der Waals surface area contributed by atoms with E-state index in [1.165, 1.54) is 27.9 Å². The molecule has 2 heteroatoms. The highest BCUT2D eigenvalue weighted by Crippen LogP contribution is 2.51. The van der Waals surface area contributed by atoms with E-state index in [0.29, 0.717) is 17.7 Å². The predicted molar refractivity (Wildman–Crippen MR) is 81.7 cm³/mol. The molecule has 2 aliphatic rings. The summed E-state index contributed by atoms with van der Waals surface area (Å²) in [6, 6.07) is 9.01. The van der Waals surface area contributed by atoms with E-state index in [2.05, 4.69) is 43.4 Å². The van der Waals surface area contributed by atoms with Gasteiger partial charge in [-0.05, 0) is 66.6 Å². The van der Waals surface area contributed by atoms with Crippen LogP contribution in [0.25, 0.3) is 0 Å². The summed E-state index contributed by atoms with van der Waals surface area (Å²) in [5, 5.41) is 14.1. The van der Waals surface area contributed by atoms with Crippen molar-refractivity contribution >= 4 is 5.69 Å². The van der Waals surface area contributed by atoms with Gasteiger partial charge in [0.2, 0.25) is 0 Å². The molecule has 0 saturated carbocycles. The third-order valence-corrected chi connectivity index (χ3v) is 5.23. The van der Waals surface area contributed by atoms with Crippen LogP contribution in [0.4, 0.5) is 5.69 Å². The van der Waals surface area contributed by atoms with Crippen molar-refractivity contribution in [3.05, 3.63) is 57.6 Å². The number of hydrogen-bond donors (Lipinski definition) is 2. The number of para-hydroxylation sites is 1. The fraction of sp³-hybridized carbons (Fsp3) is 0.333. The molecule has 102 valence electrons. The summed E-state index contributed by atoms with van der Waals surface area (Å²) in [6.45, 7) is 6.22. The summed E-state index contributed by atoms with van der Waals surface area (Å²) < 4.78 is 0. The van der Waals surface area contributed by atoms with Crippen LogP contribution in [-0.2, 0) is 6.42 Å². The summed E-state index contributed by atoms with van der Waals surface area (Å²) in [6.07, 6.45) is 1.06. The van der Waals surface area contributed by atoms with Gasteiger partial charge in [0.15, 0.2) is 0 Å². The molecule has 20 heavy (non-hydrogen) atoms. The molecule has 0 aromatic heterocycles. The quantitative estimate of drug-likeness (QED) is 0.759.